The summed E-state index contributed by atoms with van der Waals surface area (Å²) in [4.78, 5) is 13.7. The number of anilines is 3. The van der Waals surface area contributed by atoms with Crippen LogP contribution in [0.15, 0.2) is 24.3 Å². The van der Waals surface area contributed by atoms with E-state index in [-0.39, 0.29) is 0 Å². The van der Waals surface area contributed by atoms with Crippen LogP contribution in [0.4, 0.5) is 17.5 Å². The summed E-state index contributed by atoms with van der Waals surface area (Å²) < 4.78 is 0. The Morgan fingerprint density at radius 1 is 0.962 bits per heavy atom. The highest BCUT2D eigenvalue weighted by atomic mass is 15.3. The zero-order valence-corrected chi connectivity index (χ0v) is 15.7. The highest BCUT2D eigenvalue weighted by molar-refractivity contribution is 5.56. The fourth-order valence-corrected chi connectivity index (χ4v) is 4.08. The highest BCUT2D eigenvalue weighted by Gasteiger charge is 2.30. The van der Waals surface area contributed by atoms with Crippen LogP contribution in [0.1, 0.15) is 35.6 Å². The van der Waals surface area contributed by atoms with Gasteiger partial charge in [0, 0.05) is 49.9 Å². The molecule has 2 heterocycles. The summed E-state index contributed by atoms with van der Waals surface area (Å²) in [5.74, 6) is 1.76. The van der Waals surface area contributed by atoms with Crippen LogP contribution in [-0.2, 0) is 0 Å². The molecule has 2 aliphatic rings. The van der Waals surface area contributed by atoms with Gasteiger partial charge in [0.25, 0.3) is 0 Å². The number of nitrogens with two attached hydrogens (primary N) is 2. The van der Waals surface area contributed by atoms with Gasteiger partial charge in [-0.05, 0) is 38.3 Å². The molecule has 1 saturated heterocycles. The van der Waals surface area contributed by atoms with Crippen molar-refractivity contribution >= 4 is 17.5 Å². The topological polar surface area (TPSA) is 84.3 Å². The molecule has 4 N–H and O–H groups in total. The molecule has 0 atom stereocenters. The third-order valence-electron chi connectivity index (χ3n) is 5.64. The number of piperazine rings is 1. The van der Waals surface area contributed by atoms with Crippen LogP contribution in [0.25, 0.3) is 0 Å². The number of aryl methyl sites for hydroxylation is 2. The summed E-state index contributed by atoms with van der Waals surface area (Å²) in [5, 5.41) is 0. The minimum Gasteiger partial charge on any atom is -0.368 e. The predicted molar refractivity (Wildman–Crippen MR) is 107 cm³/mol. The quantitative estimate of drug-likeness (QED) is 0.881. The number of nitrogen functional groups attached to an aromatic ring is 1. The van der Waals surface area contributed by atoms with E-state index in [2.05, 4.69) is 57.9 Å². The van der Waals surface area contributed by atoms with Crippen molar-refractivity contribution in [3.63, 3.8) is 0 Å². The normalized spacial score (nSPS) is 23.0. The standard InChI is InChI=1S/C20H28N6/c1-13-3-4-18(14(2)9-13)25-5-7-26(8-6-25)19-12-17(23-20(22)24-19)15-10-16(21)11-15/h3-4,9,12,15-16H,5-8,10-11,21H2,1-2H3,(H2,22,23,24). The first-order valence-corrected chi connectivity index (χ1v) is 9.47. The van der Waals surface area contributed by atoms with Gasteiger partial charge in [0.2, 0.25) is 5.95 Å². The monoisotopic (exact) mass is 352 g/mol. The van der Waals surface area contributed by atoms with Gasteiger partial charge in [0.05, 0.1) is 5.69 Å². The molecular weight excluding hydrogens is 324 g/mol. The Balaban J connectivity index is 1.46. The van der Waals surface area contributed by atoms with Crippen molar-refractivity contribution in [2.24, 2.45) is 5.73 Å². The van der Waals surface area contributed by atoms with Crippen LogP contribution in [-0.4, -0.2) is 42.2 Å². The predicted octanol–water partition coefficient (Wildman–Crippen LogP) is 2.21. The lowest BCUT2D eigenvalue weighted by atomic mass is 9.78. The van der Waals surface area contributed by atoms with Crippen molar-refractivity contribution in [3.05, 3.63) is 41.1 Å². The Morgan fingerprint density at radius 3 is 2.31 bits per heavy atom. The second-order valence-corrected chi connectivity index (χ2v) is 7.70. The third-order valence-corrected chi connectivity index (χ3v) is 5.64. The summed E-state index contributed by atoms with van der Waals surface area (Å²) in [6.45, 7) is 8.17. The van der Waals surface area contributed by atoms with E-state index in [0.29, 0.717) is 17.9 Å². The van der Waals surface area contributed by atoms with E-state index < -0.39 is 0 Å². The zero-order chi connectivity index (χ0) is 18.3. The molecule has 0 amide bonds. The number of benzene rings is 1. The van der Waals surface area contributed by atoms with E-state index in [9.17, 15) is 0 Å². The molecule has 0 radical (unpaired) electrons. The summed E-state index contributed by atoms with van der Waals surface area (Å²) in [6, 6.07) is 9.10. The van der Waals surface area contributed by atoms with Gasteiger partial charge >= 0.3 is 0 Å². The van der Waals surface area contributed by atoms with E-state index in [0.717, 1.165) is 50.5 Å². The van der Waals surface area contributed by atoms with Gasteiger partial charge in [-0.15, -0.1) is 0 Å². The first-order valence-electron chi connectivity index (χ1n) is 9.47. The van der Waals surface area contributed by atoms with Crippen molar-refractivity contribution in [1.29, 1.82) is 0 Å². The molecule has 0 bridgehead atoms. The largest absolute Gasteiger partial charge is 0.368 e. The molecule has 6 nitrogen and oxygen atoms in total. The van der Waals surface area contributed by atoms with Gasteiger partial charge < -0.3 is 21.3 Å². The van der Waals surface area contributed by atoms with E-state index in [1.807, 2.05) is 0 Å². The zero-order valence-electron chi connectivity index (χ0n) is 15.7. The van der Waals surface area contributed by atoms with Crippen molar-refractivity contribution < 1.29 is 0 Å². The van der Waals surface area contributed by atoms with Gasteiger partial charge in [0.15, 0.2) is 0 Å². The number of rotatable bonds is 3. The molecule has 2 aromatic rings. The van der Waals surface area contributed by atoms with Gasteiger partial charge in [-0.2, -0.15) is 4.98 Å². The summed E-state index contributed by atoms with van der Waals surface area (Å²) >= 11 is 0. The molecule has 0 spiro atoms. The average Bonchev–Trinajstić information content (AvgIpc) is 2.59. The highest BCUT2D eigenvalue weighted by Crippen LogP contribution is 2.36. The van der Waals surface area contributed by atoms with E-state index in [4.69, 9.17) is 11.5 Å². The van der Waals surface area contributed by atoms with Crippen molar-refractivity contribution in [2.75, 3.05) is 41.7 Å². The maximum Gasteiger partial charge on any atom is 0.222 e. The molecular formula is C20H28N6. The maximum atomic E-state index is 5.98. The molecule has 2 fully saturated rings. The lowest BCUT2D eigenvalue weighted by Crippen LogP contribution is -2.47. The van der Waals surface area contributed by atoms with Gasteiger partial charge in [-0.3, -0.25) is 0 Å². The second kappa shape index (κ2) is 6.76. The van der Waals surface area contributed by atoms with Gasteiger partial charge in [0.1, 0.15) is 5.82 Å². The average molecular weight is 352 g/mol. The Hall–Kier alpha value is -2.34. The van der Waals surface area contributed by atoms with Crippen molar-refractivity contribution in [2.45, 2.75) is 38.6 Å². The van der Waals surface area contributed by atoms with Crippen molar-refractivity contribution in [1.82, 2.24) is 9.97 Å². The molecule has 1 aliphatic carbocycles. The summed E-state index contributed by atoms with van der Waals surface area (Å²) in [7, 11) is 0. The van der Waals surface area contributed by atoms with E-state index in [1.165, 1.54) is 16.8 Å². The fraction of sp³-hybridized carbons (Fsp3) is 0.500. The Labute approximate surface area is 155 Å². The number of aromatic nitrogens is 2. The minimum atomic E-state index is 0.306. The van der Waals surface area contributed by atoms with Crippen LogP contribution in [0, 0.1) is 13.8 Å². The van der Waals surface area contributed by atoms with Gasteiger partial charge in [-0.1, -0.05) is 17.7 Å². The minimum absolute atomic E-state index is 0.306. The van der Waals surface area contributed by atoms with Crippen LogP contribution < -0.4 is 21.3 Å². The molecule has 1 aromatic carbocycles. The number of hydrogen-bond donors (Lipinski definition) is 2. The molecule has 138 valence electrons. The fourth-order valence-electron chi connectivity index (χ4n) is 4.08. The molecule has 1 aliphatic heterocycles. The Morgan fingerprint density at radius 2 is 1.65 bits per heavy atom. The maximum absolute atomic E-state index is 5.98. The Kier molecular flexibility index (Phi) is 4.44. The molecule has 0 unspecified atom stereocenters. The van der Waals surface area contributed by atoms with E-state index >= 15 is 0 Å². The lowest BCUT2D eigenvalue weighted by molar-refractivity contribution is 0.345. The Bertz CT molecular complexity index is 791. The second-order valence-electron chi connectivity index (χ2n) is 7.70. The van der Waals surface area contributed by atoms with Crippen molar-refractivity contribution in [3.8, 4) is 0 Å². The SMILES string of the molecule is Cc1ccc(N2CCN(c3cc(C4CC(N)C4)nc(N)n3)CC2)c(C)c1. The van der Waals surface area contributed by atoms with Crippen LogP contribution in [0.5, 0.6) is 0 Å². The third kappa shape index (κ3) is 3.33. The summed E-state index contributed by atoms with van der Waals surface area (Å²) in [6.07, 6.45) is 1.99. The first-order chi connectivity index (χ1) is 12.5. The van der Waals surface area contributed by atoms with Crippen LogP contribution >= 0.6 is 0 Å². The molecule has 1 saturated carbocycles. The lowest BCUT2D eigenvalue weighted by Gasteiger charge is -2.38. The molecule has 26 heavy (non-hydrogen) atoms. The number of hydrogen-bond acceptors (Lipinski definition) is 6. The molecule has 6 heteroatoms. The van der Waals surface area contributed by atoms with Crippen LogP contribution in [0.2, 0.25) is 0 Å². The van der Waals surface area contributed by atoms with Crippen LogP contribution in [0.3, 0.4) is 0 Å². The first kappa shape index (κ1) is 17.1. The number of nitrogens with zero attached hydrogens (tertiary/aromatic N) is 4. The summed E-state index contributed by atoms with van der Waals surface area (Å²) in [5.41, 5.74) is 16.9. The van der Waals surface area contributed by atoms with E-state index in [1.54, 1.807) is 0 Å². The smallest absolute Gasteiger partial charge is 0.222 e. The van der Waals surface area contributed by atoms with Gasteiger partial charge in [-0.25, -0.2) is 4.98 Å². The molecule has 4 rings (SSSR count). The molecule has 1 aromatic heterocycles.